The Kier molecular flexibility index (Phi) is 26.7. The first-order valence-corrected chi connectivity index (χ1v) is 23.4. The van der Waals surface area contributed by atoms with Crippen molar-refractivity contribution in [3.63, 3.8) is 0 Å². The number of rotatable bonds is 6. The third-order valence-corrected chi connectivity index (χ3v) is 11.2. The van der Waals surface area contributed by atoms with E-state index in [4.69, 9.17) is 23.2 Å². The fourth-order valence-corrected chi connectivity index (χ4v) is 6.65. The van der Waals surface area contributed by atoms with Gasteiger partial charge in [0.25, 0.3) is 0 Å². The van der Waals surface area contributed by atoms with E-state index in [1.54, 1.807) is 27.7 Å². The van der Waals surface area contributed by atoms with Crippen molar-refractivity contribution in [2.75, 3.05) is 0 Å². The first kappa shape index (κ1) is 64.9. The second-order valence-electron chi connectivity index (χ2n) is 18.2. The van der Waals surface area contributed by atoms with Gasteiger partial charge in [-0.15, -0.1) is 0 Å². The molecule has 0 atom stereocenters. The van der Waals surface area contributed by atoms with Gasteiger partial charge in [0.2, 0.25) is 0 Å². The number of benzene rings is 6. The molecule has 0 aliphatic carbocycles. The summed E-state index contributed by atoms with van der Waals surface area (Å²) in [5, 5.41) is -0.443. The summed E-state index contributed by atoms with van der Waals surface area (Å²) in [5.74, 6) is -9.90. The molecular weight excluding hydrogens is 1010 g/mol. The highest BCUT2D eigenvalue weighted by atomic mass is 35.5. The average Bonchev–Trinajstić information content (AvgIpc) is 3.26. The average molecular weight is 1070 g/mol. The van der Waals surface area contributed by atoms with Crippen LogP contribution in [0.3, 0.4) is 0 Å². The number of hydrogen-bond acceptors (Lipinski definition) is 0. The highest BCUT2D eigenvalue weighted by Crippen LogP contribution is 2.29. The molecule has 6 aromatic carbocycles. The van der Waals surface area contributed by atoms with E-state index in [1.165, 1.54) is 56.3 Å². The van der Waals surface area contributed by atoms with Gasteiger partial charge in [-0.25, -0.2) is 61.5 Å². The quantitative estimate of drug-likeness (QED) is 0.0886. The largest absolute Gasteiger partial charge is 0.207 e. The van der Waals surface area contributed by atoms with Crippen LogP contribution in [-0.2, 0) is 0 Å². The van der Waals surface area contributed by atoms with Crippen LogP contribution in [0.25, 0.3) is 0 Å². The molecule has 0 fully saturated rings. The highest BCUT2D eigenvalue weighted by molar-refractivity contribution is 6.31. The summed E-state index contributed by atoms with van der Waals surface area (Å²) in [7, 11) is 0. The second kappa shape index (κ2) is 29.6. The molecule has 0 aromatic heterocycles. The van der Waals surface area contributed by atoms with Gasteiger partial charge < -0.3 is 0 Å². The Labute approximate surface area is 424 Å². The van der Waals surface area contributed by atoms with Crippen LogP contribution < -0.4 is 0 Å². The SMILES string of the molecule is CC(C)c1c(F)cc(F)cc1F.CC(C)c1cc(Cl)c(F)cc1F.CC(C)c1cc(F)c(F)cc1F.CC(C)c1ccc(F)c(Cl)c1F.Cc1c(F)ccc(C(C)C)c1F.Cc1c(F)ccc(C(C)C)c1F. The van der Waals surface area contributed by atoms with Crippen LogP contribution in [0.15, 0.2) is 72.8 Å². The molecule has 0 radical (unpaired) electrons. The van der Waals surface area contributed by atoms with Crippen molar-refractivity contribution in [2.24, 2.45) is 0 Å². The third kappa shape index (κ3) is 19.1. The van der Waals surface area contributed by atoms with E-state index in [2.05, 4.69) is 0 Å². The summed E-state index contributed by atoms with van der Waals surface area (Å²) in [6, 6.07) is 13.2. The molecule has 0 spiro atoms. The zero-order chi connectivity index (χ0) is 55.8. The monoisotopic (exact) mass is 1070 g/mol. The van der Waals surface area contributed by atoms with Gasteiger partial charge in [0.15, 0.2) is 11.6 Å². The van der Waals surface area contributed by atoms with E-state index in [9.17, 15) is 61.5 Å². The molecule has 396 valence electrons. The van der Waals surface area contributed by atoms with Gasteiger partial charge in [-0.3, -0.25) is 0 Å². The normalized spacial score (nSPS) is 10.8. The molecule has 6 rings (SSSR count). The maximum absolute atomic E-state index is 13.3. The van der Waals surface area contributed by atoms with Crippen LogP contribution in [0, 0.1) is 95.3 Å². The molecule has 6 aromatic rings. The predicted octanol–water partition coefficient (Wildman–Crippen LogP) is 20.7. The highest BCUT2D eigenvalue weighted by Gasteiger charge is 2.17. The molecule has 16 heteroatoms. The fraction of sp³-hybridized carbons (Fsp3) is 0.357. The van der Waals surface area contributed by atoms with E-state index < -0.39 is 86.5 Å². The summed E-state index contributed by atoms with van der Waals surface area (Å²) < 4.78 is 180. The Morgan fingerprint density at radius 3 is 0.972 bits per heavy atom. The van der Waals surface area contributed by atoms with Gasteiger partial charge in [-0.2, -0.15) is 0 Å². The Bertz CT molecular complexity index is 2470. The lowest BCUT2D eigenvalue weighted by Gasteiger charge is -2.08. The lowest BCUT2D eigenvalue weighted by atomic mass is 10.00. The van der Waals surface area contributed by atoms with E-state index in [-0.39, 0.29) is 62.8 Å². The van der Waals surface area contributed by atoms with E-state index in [1.807, 2.05) is 55.4 Å². The summed E-state index contributed by atoms with van der Waals surface area (Å²) in [6.45, 7) is 24.5. The molecule has 0 aliphatic rings. The molecule has 0 nitrogen and oxygen atoms in total. The van der Waals surface area contributed by atoms with Crippen molar-refractivity contribution in [1.29, 1.82) is 0 Å². The van der Waals surface area contributed by atoms with Crippen molar-refractivity contribution in [1.82, 2.24) is 0 Å². The molecule has 0 aliphatic heterocycles. The van der Waals surface area contributed by atoms with E-state index >= 15 is 0 Å². The van der Waals surface area contributed by atoms with Crippen molar-refractivity contribution in [3.05, 3.63) is 209 Å². The number of halogens is 16. The van der Waals surface area contributed by atoms with Crippen LogP contribution in [0.2, 0.25) is 10.0 Å². The fourth-order valence-electron chi connectivity index (χ4n) is 6.31. The molecule has 0 heterocycles. The van der Waals surface area contributed by atoms with E-state index in [0.29, 0.717) is 40.5 Å². The topological polar surface area (TPSA) is 0 Å². The van der Waals surface area contributed by atoms with Gasteiger partial charge in [0, 0.05) is 41.0 Å². The zero-order valence-electron chi connectivity index (χ0n) is 42.4. The van der Waals surface area contributed by atoms with Crippen LogP contribution in [0.1, 0.15) is 163 Å². The zero-order valence-corrected chi connectivity index (χ0v) is 44.0. The van der Waals surface area contributed by atoms with Crippen LogP contribution in [0.4, 0.5) is 61.5 Å². The lowest BCUT2D eigenvalue weighted by molar-refractivity contribution is 0.487. The van der Waals surface area contributed by atoms with Crippen molar-refractivity contribution in [2.45, 2.75) is 132 Å². The molecule has 72 heavy (non-hydrogen) atoms. The van der Waals surface area contributed by atoms with Crippen LogP contribution in [-0.4, -0.2) is 0 Å². The Balaban J connectivity index is 0.000000432. The Hall–Kier alpha value is -5.08. The molecule has 0 N–H and O–H groups in total. The minimum absolute atomic E-state index is 0.0168. The predicted molar refractivity (Wildman–Crippen MR) is 262 cm³/mol. The minimum Gasteiger partial charge on any atom is -0.207 e. The summed E-state index contributed by atoms with van der Waals surface area (Å²) in [4.78, 5) is 0. The standard InChI is InChI=1S/2C10H12F2.2C9H9ClF2.2C9H9F3/c2*1-6(2)8-4-5-9(11)7(3)10(8)12;1-5(2)6-3-7(10)9(12)4-8(6)11;1-5(2)6-3-4-7(11)8(10)9(6)12;1-5(2)6-3-8(11)9(12)4-7(6)10;1-5(2)9-7(11)3-6(10)4-8(9)12/h2*4-6H,1-3H3;4*3-5H,1-2H3. The number of hydrogen-bond donors (Lipinski definition) is 0. The van der Waals surface area contributed by atoms with Crippen LogP contribution >= 0.6 is 23.2 Å². The van der Waals surface area contributed by atoms with Gasteiger partial charge in [-0.05, 0) is 108 Å². The molecule has 0 saturated heterocycles. The van der Waals surface area contributed by atoms with Crippen molar-refractivity contribution in [3.8, 4) is 0 Å². The lowest BCUT2D eigenvalue weighted by Crippen LogP contribution is -1.98. The molecule has 0 saturated carbocycles. The van der Waals surface area contributed by atoms with Gasteiger partial charge in [0.05, 0.1) is 5.02 Å². The third-order valence-electron chi connectivity index (χ3n) is 10.6. The maximum atomic E-state index is 13.3. The minimum atomic E-state index is -1.14. The molecule has 0 amide bonds. The van der Waals surface area contributed by atoms with Crippen molar-refractivity contribution >= 4 is 23.2 Å². The van der Waals surface area contributed by atoms with E-state index in [0.717, 1.165) is 12.1 Å². The summed E-state index contributed by atoms with van der Waals surface area (Å²) in [6.07, 6.45) is 0. The molecule has 0 bridgehead atoms. The smallest absolute Gasteiger partial charge is 0.161 e. The summed E-state index contributed by atoms with van der Waals surface area (Å²) in [5.41, 5.74) is 2.42. The Morgan fingerprint density at radius 1 is 0.292 bits per heavy atom. The Morgan fingerprint density at radius 2 is 0.611 bits per heavy atom. The molecule has 0 unspecified atom stereocenters. The maximum Gasteiger partial charge on any atom is 0.161 e. The van der Waals surface area contributed by atoms with Crippen LogP contribution in [0.5, 0.6) is 0 Å². The second-order valence-corrected chi connectivity index (χ2v) is 19.0. The van der Waals surface area contributed by atoms with Gasteiger partial charge in [0.1, 0.15) is 74.8 Å². The molecular formula is C56H60Cl2F14. The van der Waals surface area contributed by atoms with Gasteiger partial charge in [-0.1, -0.05) is 124 Å². The van der Waals surface area contributed by atoms with Gasteiger partial charge >= 0.3 is 0 Å². The van der Waals surface area contributed by atoms with Crippen molar-refractivity contribution < 1.29 is 61.5 Å². The first-order chi connectivity index (χ1) is 33.2. The first-order valence-electron chi connectivity index (χ1n) is 22.6. The summed E-state index contributed by atoms with van der Waals surface area (Å²) >= 11 is 10.9.